The fourth-order valence-corrected chi connectivity index (χ4v) is 2.63. The molecule has 2 aromatic rings. The number of benzodiazepines with no additional fused rings is 1. The predicted molar refractivity (Wildman–Crippen MR) is 83.0 cm³/mol. The Kier molecular flexibility index (Phi) is 3.39. The van der Waals surface area contributed by atoms with E-state index in [0.717, 1.165) is 10.3 Å². The van der Waals surface area contributed by atoms with E-state index >= 15 is 0 Å². The molecule has 3 rings (SSSR count). The van der Waals surface area contributed by atoms with Crippen LogP contribution in [0.5, 0.6) is 0 Å². The van der Waals surface area contributed by atoms with E-state index in [1.165, 1.54) is 4.90 Å². The van der Waals surface area contributed by atoms with Crippen LogP contribution in [0.4, 0.5) is 5.69 Å². The molecule has 0 fully saturated rings. The van der Waals surface area contributed by atoms with Crippen LogP contribution >= 0.6 is 11.6 Å². The number of benzene rings is 2. The summed E-state index contributed by atoms with van der Waals surface area (Å²) in [5.41, 5.74) is 2.57. The van der Waals surface area contributed by atoms with E-state index in [2.05, 4.69) is 0 Å². The number of carbonyl (C=O) groups excluding carboxylic acids is 1. The maximum absolute atomic E-state index is 12.4. The molecule has 1 aliphatic heterocycles. The Balaban J connectivity index is 2.31. The standard InChI is InChI=1S/C16H13ClN2O2/c1-18-14-8-7-12(17)9-13(14)16(19(21)10-15(18)20)11-5-3-2-4-6-11/h2-9H,10H2,1H3. The molecule has 0 saturated carbocycles. The average molecular weight is 301 g/mol. The molecule has 0 saturated heterocycles. The summed E-state index contributed by atoms with van der Waals surface area (Å²) >= 11 is 6.08. The van der Waals surface area contributed by atoms with Crippen molar-refractivity contribution >= 4 is 28.9 Å². The number of hydroxylamine groups is 1. The molecule has 0 spiro atoms. The summed E-state index contributed by atoms with van der Waals surface area (Å²) in [6.07, 6.45) is 0. The molecule has 0 aliphatic carbocycles. The number of anilines is 1. The summed E-state index contributed by atoms with van der Waals surface area (Å²) in [6, 6.07) is 14.5. The van der Waals surface area contributed by atoms with Gasteiger partial charge in [0.05, 0.1) is 11.3 Å². The van der Waals surface area contributed by atoms with E-state index in [0.29, 0.717) is 22.0 Å². The number of amides is 1. The topological polar surface area (TPSA) is 46.4 Å². The van der Waals surface area contributed by atoms with Gasteiger partial charge in [0.2, 0.25) is 12.3 Å². The van der Waals surface area contributed by atoms with Crippen LogP contribution in [0.1, 0.15) is 11.1 Å². The number of carbonyl (C=O) groups is 1. The largest absolute Gasteiger partial charge is 0.623 e. The van der Waals surface area contributed by atoms with Crippen molar-refractivity contribution in [3.8, 4) is 0 Å². The molecule has 1 aliphatic rings. The van der Waals surface area contributed by atoms with Gasteiger partial charge in [-0.1, -0.05) is 29.8 Å². The smallest absolute Gasteiger partial charge is 0.293 e. The zero-order valence-corrected chi connectivity index (χ0v) is 12.2. The van der Waals surface area contributed by atoms with Crippen molar-refractivity contribution in [1.82, 2.24) is 0 Å². The molecular formula is C16H13ClN2O2. The number of fused-ring (bicyclic) bond motifs is 1. The zero-order valence-electron chi connectivity index (χ0n) is 11.4. The van der Waals surface area contributed by atoms with Crippen LogP contribution in [-0.4, -0.2) is 30.0 Å². The van der Waals surface area contributed by atoms with Crippen LogP contribution in [0.15, 0.2) is 48.5 Å². The highest BCUT2D eigenvalue weighted by molar-refractivity contribution is 6.31. The van der Waals surface area contributed by atoms with E-state index in [4.69, 9.17) is 11.6 Å². The Morgan fingerprint density at radius 2 is 1.90 bits per heavy atom. The third-order valence-corrected chi connectivity index (χ3v) is 3.76. The molecule has 0 unspecified atom stereocenters. The van der Waals surface area contributed by atoms with Gasteiger partial charge >= 0.3 is 0 Å². The van der Waals surface area contributed by atoms with Crippen molar-refractivity contribution < 1.29 is 9.53 Å². The number of likely N-dealkylation sites (N-methyl/N-ethyl adjacent to an activating group) is 1. The van der Waals surface area contributed by atoms with E-state index in [-0.39, 0.29) is 12.5 Å². The predicted octanol–water partition coefficient (Wildman–Crippen LogP) is 2.66. The van der Waals surface area contributed by atoms with Gasteiger partial charge < -0.3 is 10.1 Å². The highest BCUT2D eigenvalue weighted by Crippen LogP contribution is 2.28. The first-order valence-electron chi connectivity index (χ1n) is 6.51. The second kappa shape index (κ2) is 5.22. The number of halogens is 1. The zero-order chi connectivity index (χ0) is 15.0. The van der Waals surface area contributed by atoms with Gasteiger partial charge in [-0.15, -0.1) is 0 Å². The molecule has 106 valence electrons. The lowest BCUT2D eigenvalue weighted by Crippen LogP contribution is -2.31. The SMILES string of the molecule is CN1C(=O)C[N+]([O-])=C(c2ccccc2)c2cc(Cl)ccc21. The normalized spacial score (nSPS) is 15.0. The molecule has 21 heavy (non-hydrogen) atoms. The van der Waals surface area contributed by atoms with Crippen molar-refractivity contribution in [3.63, 3.8) is 0 Å². The number of nitrogens with zero attached hydrogens (tertiary/aromatic N) is 2. The minimum atomic E-state index is -0.250. The van der Waals surface area contributed by atoms with Gasteiger partial charge in [-0.2, -0.15) is 4.74 Å². The van der Waals surface area contributed by atoms with Gasteiger partial charge in [0, 0.05) is 17.6 Å². The van der Waals surface area contributed by atoms with E-state index in [1.54, 1.807) is 25.2 Å². The monoisotopic (exact) mass is 300 g/mol. The third-order valence-electron chi connectivity index (χ3n) is 3.52. The Labute approximate surface area is 127 Å². The molecule has 1 heterocycles. The fraction of sp³-hybridized carbons (Fsp3) is 0.125. The minimum absolute atomic E-state index is 0.215. The first-order chi connectivity index (χ1) is 10.1. The first-order valence-corrected chi connectivity index (χ1v) is 6.89. The van der Waals surface area contributed by atoms with Crippen LogP contribution in [0, 0.1) is 5.21 Å². The molecule has 0 radical (unpaired) electrons. The summed E-state index contributed by atoms with van der Waals surface area (Å²) < 4.78 is 0.732. The van der Waals surface area contributed by atoms with E-state index in [1.807, 2.05) is 30.3 Å². The summed E-state index contributed by atoms with van der Waals surface area (Å²) in [4.78, 5) is 13.6. The maximum atomic E-state index is 12.4. The highest BCUT2D eigenvalue weighted by Gasteiger charge is 2.29. The number of hydrogen-bond donors (Lipinski definition) is 0. The van der Waals surface area contributed by atoms with E-state index < -0.39 is 0 Å². The summed E-state index contributed by atoms with van der Waals surface area (Å²) in [7, 11) is 1.66. The van der Waals surface area contributed by atoms with Crippen molar-refractivity contribution in [2.45, 2.75) is 0 Å². The average Bonchev–Trinajstić information content (AvgIpc) is 2.56. The van der Waals surface area contributed by atoms with E-state index in [9.17, 15) is 10.0 Å². The molecule has 0 bridgehead atoms. The fourth-order valence-electron chi connectivity index (χ4n) is 2.46. The van der Waals surface area contributed by atoms with Crippen molar-refractivity contribution in [2.24, 2.45) is 0 Å². The molecule has 2 aromatic carbocycles. The van der Waals surface area contributed by atoms with Crippen LogP contribution < -0.4 is 4.90 Å². The van der Waals surface area contributed by atoms with Crippen molar-refractivity contribution in [3.05, 3.63) is 69.9 Å². The quantitative estimate of drug-likeness (QED) is 0.600. The molecule has 0 aromatic heterocycles. The van der Waals surface area contributed by atoms with Crippen molar-refractivity contribution in [2.75, 3.05) is 18.5 Å². The Hall–Kier alpha value is -2.33. The molecule has 1 amide bonds. The van der Waals surface area contributed by atoms with Gasteiger partial charge in [-0.25, -0.2) is 0 Å². The first kappa shape index (κ1) is 13.6. The number of hydrogen-bond acceptors (Lipinski definition) is 2. The molecule has 4 nitrogen and oxygen atoms in total. The lowest BCUT2D eigenvalue weighted by atomic mass is 10.0. The van der Waals surface area contributed by atoms with Gasteiger partial charge in [0.1, 0.15) is 0 Å². The Morgan fingerprint density at radius 1 is 1.19 bits per heavy atom. The molecule has 5 heteroatoms. The second-order valence-corrected chi connectivity index (χ2v) is 5.30. The summed E-state index contributed by atoms with van der Waals surface area (Å²) in [5.74, 6) is -0.250. The van der Waals surface area contributed by atoms with Crippen LogP contribution in [-0.2, 0) is 4.79 Å². The third kappa shape index (κ3) is 2.38. The van der Waals surface area contributed by atoms with Crippen molar-refractivity contribution in [1.29, 1.82) is 0 Å². The van der Waals surface area contributed by atoms with Gasteiger partial charge in [0.25, 0.3) is 5.91 Å². The molecular weight excluding hydrogens is 288 g/mol. The summed E-state index contributed by atoms with van der Waals surface area (Å²) in [6.45, 7) is -0.215. The van der Waals surface area contributed by atoms with Crippen LogP contribution in [0.2, 0.25) is 5.02 Å². The van der Waals surface area contributed by atoms with Gasteiger partial charge in [-0.3, -0.25) is 4.79 Å². The van der Waals surface area contributed by atoms with Crippen LogP contribution in [0.25, 0.3) is 0 Å². The highest BCUT2D eigenvalue weighted by atomic mass is 35.5. The lowest BCUT2D eigenvalue weighted by Gasteiger charge is -2.15. The number of rotatable bonds is 1. The molecule has 0 atom stereocenters. The second-order valence-electron chi connectivity index (χ2n) is 4.87. The minimum Gasteiger partial charge on any atom is -0.623 e. The lowest BCUT2D eigenvalue weighted by molar-refractivity contribution is -0.443. The summed E-state index contributed by atoms with van der Waals surface area (Å²) in [5, 5.41) is 13.0. The van der Waals surface area contributed by atoms with Gasteiger partial charge in [-0.05, 0) is 30.3 Å². The maximum Gasteiger partial charge on any atom is 0.293 e. The van der Waals surface area contributed by atoms with Crippen LogP contribution in [0.3, 0.4) is 0 Å². The molecule has 0 N–H and O–H groups in total. The Morgan fingerprint density at radius 3 is 2.62 bits per heavy atom. The van der Waals surface area contributed by atoms with Gasteiger partial charge in [0.15, 0.2) is 0 Å². The Bertz CT molecular complexity index is 741.